The van der Waals surface area contributed by atoms with Crippen molar-refractivity contribution in [3.05, 3.63) is 51.9 Å². The number of pyridine rings is 1. The van der Waals surface area contributed by atoms with Gasteiger partial charge >= 0.3 is 0 Å². The Balaban J connectivity index is 2.28. The molecule has 2 rings (SSSR count). The van der Waals surface area contributed by atoms with Crippen LogP contribution in [-0.4, -0.2) is 4.98 Å². The average Bonchev–Trinajstić information content (AvgIpc) is 2.30. The van der Waals surface area contributed by atoms with Gasteiger partial charge in [0.2, 0.25) is 5.88 Å². The fourth-order valence-electron chi connectivity index (χ4n) is 1.50. The number of aryl methyl sites for hydroxylation is 1. The Bertz CT molecular complexity index is 557. The topological polar surface area (TPSA) is 22.1 Å². The van der Waals surface area contributed by atoms with Crippen molar-refractivity contribution >= 4 is 27.5 Å². The van der Waals surface area contributed by atoms with Crippen molar-refractivity contribution in [1.82, 2.24) is 4.98 Å². The highest BCUT2D eigenvalue weighted by Gasteiger charge is 2.06. The molecule has 0 saturated carbocycles. The van der Waals surface area contributed by atoms with E-state index < -0.39 is 0 Å². The van der Waals surface area contributed by atoms with Gasteiger partial charge in [-0.15, -0.1) is 11.6 Å². The van der Waals surface area contributed by atoms with Gasteiger partial charge < -0.3 is 4.74 Å². The van der Waals surface area contributed by atoms with Crippen molar-refractivity contribution in [2.24, 2.45) is 0 Å². The van der Waals surface area contributed by atoms with Crippen LogP contribution in [0.15, 0.2) is 34.9 Å². The number of ether oxygens (including phenoxy) is 1. The monoisotopic (exact) mass is 329 g/mol. The highest BCUT2D eigenvalue weighted by molar-refractivity contribution is 9.10. The van der Waals surface area contributed by atoms with Crippen LogP contribution in [0.4, 0.5) is 4.39 Å². The molecule has 2 nitrogen and oxygen atoms in total. The molecule has 0 saturated heterocycles. The Morgan fingerprint density at radius 2 is 2.11 bits per heavy atom. The lowest BCUT2D eigenvalue weighted by Gasteiger charge is -2.08. The number of alkyl halides is 1. The summed E-state index contributed by atoms with van der Waals surface area (Å²) in [5.41, 5.74) is 1.77. The first kappa shape index (κ1) is 13.3. The summed E-state index contributed by atoms with van der Waals surface area (Å²) in [6, 6.07) is 6.24. The lowest BCUT2D eigenvalue weighted by atomic mass is 10.2. The van der Waals surface area contributed by atoms with Crippen LogP contribution in [0.2, 0.25) is 0 Å². The van der Waals surface area contributed by atoms with Crippen LogP contribution >= 0.6 is 27.5 Å². The molecule has 0 N–H and O–H groups in total. The first-order valence-electron chi connectivity index (χ1n) is 5.24. The van der Waals surface area contributed by atoms with E-state index >= 15 is 0 Å². The molecule has 0 fully saturated rings. The highest BCUT2D eigenvalue weighted by Crippen LogP contribution is 2.27. The van der Waals surface area contributed by atoms with Gasteiger partial charge in [-0.25, -0.2) is 9.37 Å². The second-order valence-electron chi connectivity index (χ2n) is 3.81. The standard InChI is InChI=1S/C13H10BrClFNO/c1-8-2-9(6-15)7-17-13(8)18-12-4-10(14)3-11(16)5-12/h2-5,7H,6H2,1H3. The van der Waals surface area contributed by atoms with Gasteiger partial charge in [0.25, 0.3) is 0 Å². The predicted octanol–water partition coefficient (Wildman–Crippen LogP) is 4.82. The summed E-state index contributed by atoms with van der Waals surface area (Å²) >= 11 is 8.93. The highest BCUT2D eigenvalue weighted by atomic mass is 79.9. The van der Waals surface area contributed by atoms with E-state index in [2.05, 4.69) is 20.9 Å². The molecule has 94 valence electrons. The van der Waals surface area contributed by atoms with Crippen LogP contribution < -0.4 is 4.74 Å². The van der Waals surface area contributed by atoms with Gasteiger partial charge in [0.1, 0.15) is 11.6 Å². The number of rotatable bonds is 3. The minimum absolute atomic E-state index is 0.366. The Morgan fingerprint density at radius 3 is 2.72 bits per heavy atom. The molecule has 18 heavy (non-hydrogen) atoms. The molecule has 0 aliphatic carbocycles. The van der Waals surface area contributed by atoms with Crippen molar-refractivity contribution in [3.8, 4) is 11.6 Å². The summed E-state index contributed by atoms with van der Waals surface area (Å²) in [7, 11) is 0. The zero-order valence-electron chi connectivity index (χ0n) is 9.58. The van der Waals surface area contributed by atoms with Crippen molar-refractivity contribution in [2.45, 2.75) is 12.8 Å². The Hall–Kier alpha value is -1.13. The Labute approximate surface area is 118 Å². The van der Waals surface area contributed by atoms with E-state index in [0.717, 1.165) is 11.1 Å². The van der Waals surface area contributed by atoms with Gasteiger partial charge in [0.15, 0.2) is 0 Å². The molecule has 0 radical (unpaired) electrons. The molecule has 0 spiro atoms. The predicted molar refractivity (Wildman–Crippen MR) is 72.7 cm³/mol. The smallest absolute Gasteiger partial charge is 0.222 e. The third kappa shape index (κ3) is 3.21. The summed E-state index contributed by atoms with van der Waals surface area (Å²) < 4.78 is 19.4. The van der Waals surface area contributed by atoms with E-state index in [-0.39, 0.29) is 5.82 Å². The number of benzene rings is 1. The molecule has 1 aromatic carbocycles. The van der Waals surface area contributed by atoms with Crippen LogP contribution in [0.3, 0.4) is 0 Å². The van der Waals surface area contributed by atoms with Crippen LogP contribution in [-0.2, 0) is 5.88 Å². The lowest BCUT2D eigenvalue weighted by molar-refractivity contribution is 0.453. The molecule has 0 bridgehead atoms. The Morgan fingerprint density at radius 1 is 1.33 bits per heavy atom. The molecule has 0 aliphatic rings. The SMILES string of the molecule is Cc1cc(CCl)cnc1Oc1cc(F)cc(Br)c1. The summed E-state index contributed by atoms with van der Waals surface area (Å²) in [4.78, 5) is 4.16. The maximum Gasteiger partial charge on any atom is 0.222 e. The minimum Gasteiger partial charge on any atom is -0.439 e. The van der Waals surface area contributed by atoms with E-state index in [1.165, 1.54) is 12.1 Å². The normalized spacial score (nSPS) is 10.4. The molecular formula is C13H10BrClFNO. The fourth-order valence-corrected chi connectivity index (χ4v) is 2.09. The van der Waals surface area contributed by atoms with Crippen LogP contribution in [0.25, 0.3) is 0 Å². The molecular weight excluding hydrogens is 321 g/mol. The Kier molecular flexibility index (Phi) is 4.19. The first-order valence-corrected chi connectivity index (χ1v) is 6.56. The molecule has 0 atom stereocenters. The van der Waals surface area contributed by atoms with Crippen molar-refractivity contribution in [3.63, 3.8) is 0 Å². The molecule has 0 aliphatic heterocycles. The van der Waals surface area contributed by atoms with Gasteiger partial charge in [-0.3, -0.25) is 0 Å². The van der Waals surface area contributed by atoms with Crippen molar-refractivity contribution in [1.29, 1.82) is 0 Å². The fraction of sp³-hybridized carbons (Fsp3) is 0.154. The number of nitrogens with zero attached hydrogens (tertiary/aromatic N) is 1. The molecule has 1 aromatic heterocycles. The van der Waals surface area contributed by atoms with Gasteiger partial charge in [-0.2, -0.15) is 0 Å². The molecule has 0 amide bonds. The zero-order valence-corrected chi connectivity index (χ0v) is 11.9. The largest absolute Gasteiger partial charge is 0.439 e. The van der Waals surface area contributed by atoms with E-state index in [0.29, 0.717) is 22.0 Å². The third-order valence-electron chi connectivity index (χ3n) is 2.29. The zero-order chi connectivity index (χ0) is 13.1. The third-order valence-corrected chi connectivity index (χ3v) is 3.06. The molecule has 1 heterocycles. The van der Waals surface area contributed by atoms with Gasteiger partial charge in [0.05, 0.1) is 0 Å². The van der Waals surface area contributed by atoms with Crippen LogP contribution in [0, 0.1) is 12.7 Å². The summed E-state index contributed by atoms with van der Waals surface area (Å²) in [5.74, 6) is 0.881. The van der Waals surface area contributed by atoms with Crippen molar-refractivity contribution < 1.29 is 9.13 Å². The maximum atomic E-state index is 13.2. The quantitative estimate of drug-likeness (QED) is 0.753. The van der Waals surface area contributed by atoms with E-state index in [4.69, 9.17) is 16.3 Å². The van der Waals surface area contributed by atoms with Crippen molar-refractivity contribution in [2.75, 3.05) is 0 Å². The number of hydrogen-bond donors (Lipinski definition) is 0. The molecule has 0 unspecified atom stereocenters. The summed E-state index contributed by atoms with van der Waals surface area (Å²) in [6.45, 7) is 1.87. The average molecular weight is 331 g/mol. The number of halogens is 3. The van der Waals surface area contributed by atoms with Crippen LogP contribution in [0.1, 0.15) is 11.1 Å². The molecule has 5 heteroatoms. The summed E-state index contributed by atoms with van der Waals surface area (Å²) in [5, 5.41) is 0. The van der Waals surface area contributed by atoms with Gasteiger partial charge in [-0.1, -0.05) is 15.9 Å². The molecule has 2 aromatic rings. The van der Waals surface area contributed by atoms with E-state index in [1.54, 1.807) is 12.3 Å². The maximum absolute atomic E-state index is 13.2. The summed E-state index contributed by atoms with van der Waals surface area (Å²) in [6.07, 6.45) is 1.64. The first-order chi connectivity index (χ1) is 8.58. The van der Waals surface area contributed by atoms with E-state index in [1.807, 2.05) is 13.0 Å². The number of aromatic nitrogens is 1. The van der Waals surface area contributed by atoms with Crippen LogP contribution in [0.5, 0.6) is 11.6 Å². The number of hydrogen-bond acceptors (Lipinski definition) is 2. The minimum atomic E-state index is -0.366. The second kappa shape index (κ2) is 5.67. The van der Waals surface area contributed by atoms with E-state index in [9.17, 15) is 4.39 Å². The lowest BCUT2D eigenvalue weighted by Crippen LogP contribution is -1.93. The van der Waals surface area contributed by atoms with Gasteiger partial charge in [-0.05, 0) is 30.7 Å². The second-order valence-corrected chi connectivity index (χ2v) is 4.99. The van der Waals surface area contributed by atoms with Gasteiger partial charge in [0, 0.05) is 28.2 Å².